The molecule has 0 aliphatic carbocycles. The minimum absolute atomic E-state index is 0.466. The normalized spacial score (nSPS) is 10.2. The third-order valence-corrected chi connectivity index (χ3v) is 4.28. The second kappa shape index (κ2) is 7.98. The maximum absolute atomic E-state index is 10.9. The number of rotatable bonds is 6. The van der Waals surface area contributed by atoms with Crippen LogP contribution in [0, 0.1) is 7.14 Å². The van der Waals surface area contributed by atoms with E-state index < -0.39 is 0 Å². The Morgan fingerprint density at radius 3 is 2.43 bits per heavy atom. The molecule has 0 radical (unpaired) electrons. The summed E-state index contributed by atoms with van der Waals surface area (Å²) in [5.41, 5.74) is 1.68. The van der Waals surface area contributed by atoms with Gasteiger partial charge >= 0.3 is 0 Å². The van der Waals surface area contributed by atoms with E-state index in [4.69, 9.17) is 9.47 Å². The summed E-state index contributed by atoms with van der Waals surface area (Å²) in [6.07, 6.45) is 0.813. The zero-order valence-corrected chi connectivity index (χ0v) is 15.8. The molecule has 0 bridgehead atoms. The van der Waals surface area contributed by atoms with Gasteiger partial charge in [-0.1, -0.05) is 12.1 Å². The molecule has 0 unspecified atom stereocenters. The van der Waals surface area contributed by atoms with Crippen LogP contribution in [-0.2, 0) is 6.61 Å². The van der Waals surface area contributed by atoms with Crippen LogP contribution in [0.15, 0.2) is 36.4 Å². The lowest BCUT2D eigenvalue weighted by atomic mass is 10.2. The van der Waals surface area contributed by atoms with Gasteiger partial charge in [0.2, 0.25) is 0 Å². The Kier molecular flexibility index (Phi) is 6.28. The molecular weight excluding hydrogens is 494 g/mol. The van der Waals surface area contributed by atoms with Crippen LogP contribution in [0.1, 0.15) is 22.8 Å². The average molecular weight is 508 g/mol. The highest BCUT2D eigenvalue weighted by atomic mass is 127. The Hall–Kier alpha value is -0.830. The quantitative estimate of drug-likeness (QED) is 0.420. The van der Waals surface area contributed by atoms with E-state index >= 15 is 0 Å². The van der Waals surface area contributed by atoms with Crippen LogP contribution in [0.5, 0.6) is 11.5 Å². The van der Waals surface area contributed by atoms with E-state index in [0.29, 0.717) is 30.3 Å². The molecule has 0 saturated heterocycles. The van der Waals surface area contributed by atoms with E-state index in [0.717, 1.165) is 15.4 Å². The Morgan fingerprint density at radius 2 is 1.81 bits per heavy atom. The average Bonchev–Trinajstić information content (AvgIpc) is 2.48. The molecule has 21 heavy (non-hydrogen) atoms. The van der Waals surface area contributed by atoms with Gasteiger partial charge in [-0.05, 0) is 81.9 Å². The van der Waals surface area contributed by atoms with Crippen LogP contribution in [0.3, 0.4) is 0 Å². The highest BCUT2D eigenvalue weighted by molar-refractivity contribution is 14.1. The van der Waals surface area contributed by atoms with Crippen LogP contribution >= 0.6 is 45.2 Å². The van der Waals surface area contributed by atoms with Crippen molar-refractivity contribution in [2.24, 2.45) is 0 Å². The number of hydrogen-bond acceptors (Lipinski definition) is 3. The van der Waals surface area contributed by atoms with E-state index in [2.05, 4.69) is 45.2 Å². The standard InChI is InChI=1S/C16H14I2O3/c1-2-20-15-8-12(9-19)7-14(18)16(15)21-10-11-3-5-13(17)6-4-11/h3-9H,2,10H2,1H3. The maximum atomic E-state index is 10.9. The number of carbonyl (C=O) groups excluding carboxylic acids is 1. The Balaban J connectivity index is 2.21. The van der Waals surface area contributed by atoms with Gasteiger partial charge in [-0.15, -0.1) is 0 Å². The monoisotopic (exact) mass is 508 g/mol. The van der Waals surface area contributed by atoms with E-state index in [1.54, 1.807) is 12.1 Å². The molecule has 2 aromatic rings. The Morgan fingerprint density at radius 1 is 1.10 bits per heavy atom. The van der Waals surface area contributed by atoms with E-state index in [1.807, 2.05) is 31.2 Å². The fourth-order valence-corrected chi connectivity index (χ4v) is 2.94. The van der Waals surface area contributed by atoms with E-state index in [-0.39, 0.29) is 0 Å². The van der Waals surface area contributed by atoms with Crippen molar-refractivity contribution in [1.29, 1.82) is 0 Å². The van der Waals surface area contributed by atoms with Gasteiger partial charge in [0.25, 0.3) is 0 Å². The lowest BCUT2D eigenvalue weighted by Gasteiger charge is -2.14. The highest BCUT2D eigenvalue weighted by Crippen LogP contribution is 2.34. The minimum Gasteiger partial charge on any atom is -0.490 e. The van der Waals surface area contributed by atoms with Gasteiger partial charge in [-0.3, -0.25) is 4.79 Å². The summed E-state index contributed by atoms with van der Waals surface area (Å²) in [5.74, 6) is 1.29. The molecule has 0 atom stereocenters. The van der Waals surface area contributed by atoms with Crippen molar-refractivity contribution < 1.29 is 14.3 Å². The molecule has 0 aliphatic rings. The predicted octanol–water partition coefficient (Wildman–Crippen LogP) is 4.69. The highest BCUT2D eigenvalue weighted by Gasteiger charge is 2.12. The molecule has 0 heterocycles. The molecule has 0 amide bonds. The van der Waals surface area contributed by atoms with Gasteiger partial charge in [-0.25, -0.2) is 0 Å². The molecule has 110 valence electrons. The predicted molar refractivity (Wildman–Crippen MR) is 99.2 cm³/mol. The van der Waals surface area contributed by atoms with Crippen molar-refractivity contribution in [3.8, 4) is 11.5 Å². The number of hydrogen-bond donors (Lipinski definition) is 0. The summed E-state index contributed by atoms with van der Waals surface area (Å²) in [5, 5.41) is 0. The largest absolute Gasteiger partial charge is 0.490 e. The topological polar surface area (TPSA) is 35.5 Å². The first-order chi connectivity index (χ1) is 10.1. The molecular formula is C16H14I2O3. The van der Waals surface area contributed by atoms with Crippen molar-refractivity contribution >= 4 is 51.5 Å². The summed E-state index contributed by atoms with van der Waals surface area (Å²) in [7, 11) is 0. The first-order valence-electron chi connectivity index (χ1n) is 6.42. The van der Waals surface area contributed by atoms with Crippen LogP contribution in [0.4, 0.5) is 0 Å². The van der Waals surface area contributed by atoms with Gasteiger partial charge in [0, 0.05) is 9.13 Å². The number of halogens is 2. The first-order valence-corrected chi connectivity index (χ1v) is 8.58. The van der Waals surface area contributed by atoms with Gasteiger partial charge in [0.15, 0.2) is 11.5 Å². The molecule has 0 aromatic heterocycles. The third-order valence-electron chi connectivity index (χ3n) is 2.76. The summed E-state index contributed by atoms with van der Waals surface area (Å²) >= 11 is 4.43. The van der Waals surface area contributed by atoms with Crippen molar-refractivity contribution in [2.75, 3.05) is 6.61 Å². The fraction of sp³-hybridized carbons (Fsp3) is 0.188. The van der Waals surface area contributed by atoms with Gasteiger partial charge < -0.3 is 9.47 Å². The first kappa shape index (κ1) is 16.5. The lowest BCUT2D eigenvalue weighted by Crippen LogP contribution is -2.02. The molecule has 0 aliphatic heterocycles. The number of benzene rings is 2. The molecule has 2 aromatic carbocycles. The molecule has 3 nitrogen and oxygen atoms in total. The maximum Gasteiger partial charge on any atom is 0.175 e. The molecule has 0 spiro atoms. The zero-order valence-electron chi connectivity index (χ0n) is 11.4. The Labute approximate surface area is 151 Å². The van der Waals surface area contributed by atoms with Crippen LogP contribution in [0.25, 0.3) is 0 Å². The summed E-state index contributed by atoms with van der Waals surface area (Å²) in [6, 6.07) is 11.7. The second-order valence-electron chi connectivity index (χ2n) is 4.30. The molecule has 0 N–H and O–H groups in total. The lowest BCUT2D eigenvalue weighted by molar-refractivity contribution is 0.112. The molecule has 2 rings (SSSR count). The summed E-state index contributed by atoms with van der Waals surface area (Å²) in [4.78, 5) is 10.9. The van der Waals surface area contributed by atoms with Gasteiger partial charge in [0.05, 0.1) is 10.2 Å². The summed E-state index contributed by atoms with van der Waals surface area (Å²) < 4.78 is 13.5. The molecule has 0 saturated carbocycles. The van der Waals surface area contributed by atoms with Crippen molar-refractivity contribution in [3.63, 3.8) is 0 Å². The van der Waals surface area contributed by atoms with Crippen LogP contribution in [-0.4, -0.2) is 12.9 Å². The van der Waals surface area contributed by atoms with Crippen LogP contribution < -0.4 is 9.47 Å². The Bertz CT molecular complexity index is 624. The van der Waals surface area contributed by atoms with Gasteiger partial charge in [0.1, 0.15) is 12.9 Å². The SMILES string of the molecule is CCOc1cc(C=O)cc(I)c1OCc1ccc(I)cc1. The number of ether oxygens (including phenoxy) is 2. The second-order valence-corrected chi connectivity index (χ2v) is 6.70. The minimum atomic E-state index is 0.466. The van der Waals surface area contributed by atoms with Gasteiger partial charge in [-0.2, -0.15) is 0 Å². The van der Waals surface area contributed by atoms with Crippen molar-refractivity contribution in [1.82, 2.24) is 0 Å². The van der Waals surface area contributed by atoms with E-state index in [9.17, 15) is 4.79 Å². The fourth-order valence-electron chi connectivity index (χ4n) is 1.80. The molecule has 0 fully saturated rings. The van der Waals surface area contributed by atoms with Crippen LogP contribution in [0.2, 0.25) is 0 Å². The number of carbonyl (C=O) groups is 1. The third kappa shape index (κ3) is 4.57. The molecule has 5 heteroatoms. The van der Waals surface area contributed by atoms with E-state index in [1.165, 1.54) is 3.57 Å². The number of aldehydes is 1. The summed E-state index contributed by atoms with van der Waals surface area (Å²) in [6.45, 7) is 2.90. The smallest absolute Gasteiger partial charge is 0.175 e. The zero-order chi connectivity index (χ0) is 15.2. The van der Waals surface area contributed by atoms with Crippen molar-refractivity contribution in [3.05, 3.63) is 54.7 Å². The van der Waals surface area contributed by atoms with Crippen molar-refractivity contribution in [2.45, 2.75) is 13.5 Å².